The van der Waals surface area contributed by atoms with Crippen LogP contribution in [0.15, 0.2) is 18.2 Å². The van der Waals surface area contributed by atoms with E-state index >= 15 is 0 Å². The largest absolute Gasteiger partial charge is 0.497 e. The first kappa shape index (κ1) is 14.2. The molecule has 4 nitrogen and oxygen atoms in total. The summed E-state index contributed by atoms with van der Waals surface area (Å²) in [7, 11) is 7.62. The number of rotatable bonds is 5. The van der Waals surface area contributed by atoms with Crippen molar-refractivity contribution in [3.8, 4) is 11.5 Å². The van der Waals surface area contributed by atoms with Crippen LogP contribution in [-0.4, -0.2) is 46.3 Å². The molecular weight excluding hydrogens is 240 g/mol. The van der Waals surface area contributed by atoms with Crippen LogP contribution in [-0.2, 0) is 0 Å². The van der Waals surface area contributed by atoms with E-state index < -0.39 is 0 Å². The molecule has 2 unspecified atom stereocenters. The molecule has 0 amide bonds. The zero-order valence-corrected chi connectivity index (χ0v) is 12.3. The lowest BCUT2D eigenvalue weighted by Crippen LogP contribution is -2.27. The molecule has 0 bridgehead atoms. The first-order valence-corrected chi connectivity index (χ1v) is 6.78. The molecule has 0 saturated carbocycles. The third-order valence-electron chi connectivity index (χ3n) is 4.00. The molecule has 4 heteroatoms. The SMILES string of the molecule is CNCC1CCN(C)C1c1cc(OC)ccc1OC. The van der Waals surface area contributed by atoms with Crippen LogP contribution in [0.4, 0.5) is 0 Å². The molecule has 0 aromatic heterocycles. The van der Waals surface area contributed by atoms with E-state index in [1.807, 2.05) is 19.2 Å². The molecule has 1 aromatic rings. The molecule has 1 aromatic carbocycles. The Balaban J connectivity index is 2.36. The molecule has 106 valence electrons. The molecule has 0 radical (unpaired) electrons. The lowest BCUT2D eigenvalue weighted by molar-refractivity contribution is 0.264. The highest BCUT2D eigenvalue weighted by Gasteiger charge is 2.34. The van der Waals surface area contributed by atoms with Gasteiger partial charge in [0.1, 0.15) is 11.5 Å². The number of hydrogen-bond acceptors (Lipinski definition) is 4. The highest BCUT2D eigenvalue weighted by atomic mass is 16.5. The molecule has 2 atom stereocenters. The summed E-state index contributed by atoms with van der Waals surface area (Å²) >= 11 is 0. The maximum atomic E-state index is 5.53. The lowest BCUT2D eigenvalue weighted by Gasteiger charge is -2.27. The van der Waals surface area contributed by atoms with E-state index in [1.54, 1.807) is 14.2 Å². The van der Waals surface area contributed by atoms with Gasteiger partial charge in [-0.05, 0) is 57.7 Å². The topological polar surface area (TPSA) is 33.7 Å². The number of ether oxygens (including phenoxy) is 2. The Labute approximate surface area is 115 Å². The van der Waals surface area contributed by atoms with Crippen LogP contribution in [0.5, 0.6) is 11.5 Å². The molecule has 1 aliphatic rings. The quantitative estimate of drug-likeness (QED) is 0.881. The highest BCUT2D eigenvalue weighted by Crippen LogP contribution is 2.41. The van der Waals surface area contributed by atoms with Crippen LogP contribution in [0, 0.1) is 5.92 Å². The summed E-state index contributed by atoms with van der Waals surface area (Å²) in [6.45, 7) is 2.15. The van der Waals surface area contributed by atoms with Gasteiger partial charge >= 0.3 is 0 Å². The predicted molar refractivity (Wildman–Crippen MR) is 77.0 cm³/mol. The number of likely N-dealkylation sites (tertiary alicyclic amines) is 1. The smallest absolute Gasteiger partial charge is 0.123 e. The van der Waals surface area contributed by atoms with Gasteiger partial charge in [-0.1, -0.05) is 0 Å². The molecule has 2 rings (SSSR count). The molecule has 0 aliphatic carbocycles. The lowest BCUT2D eigenvalue weighted by atomic mass is 9.93. The van der Waals surface area contributed by atoms with Crippen molar-refractivity contribution in [2.75, 3.05) is 41.4 Å². The second-order valence-electron chi connectivity index (χ2n) is 5.14. The molecule has 0 spiro atoms. The van der Waals surface area contributed by atoms with Crippen LogP contribution in [0.2, 0.25) is 0 Å². The third-order valence-corrected chi connectivity index (χ3v) is 4.00. The summed E-state index contributed by atoms with van der Waals surface area (Å²) in [4.78, 5) is 2.40. The Kier molecular flexibility index (Phi) is 4.66. The van der Waals surface area contributed by atoms with Crippen molar-refractivity contribution in [2.24, 2.45) is 5.92 Å². The van der Waals surface area contributed by atoms with E-state index in [0.717, 1.165) is 24.6 Å². The van der Waals surface area contributed by atoms with Crippen LogP contribution >= 0.6 is 0 Å². The molecule has 1 fully saturated rings. The fourth-order valence-electron chi connectivity index (χ4n) is 3.06. The van der Waals surface area contributed by atoms with E-state index in [1.165, 1.54) is 12.0 Å². The first-order valence-electron chi connectivity index (χ1n) is 6.78. The van der Waals surface area contributed by atoms with Crippen molar-refractivity contribution < 1.29 is 9.47 Å². The second-order valence-corrected chi connectivity index (χ2v) is 5.14. The van der Waals surface area contributed by atoms with E-state index in [2.05, 4.69) is 23.3 Å². The van der Waals surface area contributed by atoms with Gasteiger partial charge < -0.3 is 14.8 Å². The average molecular weight is 264 g/mol. The minimum Gasteiger partial charge on any atom is -0.497 e. The van der Waals surface area contributed by atoms with Crippen molar-refractivity contribution in [1.29, 1.82) is 0 Å². The maximum absolute atomic E-state index is 5.53. The Morgan fingerprint density at radius 1 is 1.32 bits per heavy atom. The fourth-order valence-corrected chi connectivity index (χ4v) is 3.06. The van der Waals surface area contributed by atoms with E-state index in [-0.39, 0.29) is 0 Å². The van der Waals surface area contributed by atoms with Crippen molar-refractivity contribution in [3.63, 3.8) is 0 Å². The van der Waals surface area contributed by atoms with Gasteiger partial charge in [0.05, 0.1) is 14.2 Å². The predicted octanol–water partition coefficient (Wildman–Crippen LogP) is 1.92. The highest BCUT2D eigenvalue weighted by molar-refractivity contribution is 5.43. The number of hydrogen-bond donors (Lipinski definition) is 1. The Morgan fingerprint density at radius 2 is 2.11 bits per heavy atom. The van der Waals surface area contributed by atoms with Gasteiger partial charge in [-0.15, -0.1) is 0 Å². The van der Waals surface area contributed by atoms with Crippen LogP contribution < -0.4 is 14.8 Å². The molecular formula is C15H24N2O2. The van der Waals surface area contributed by atoms with E-state index in [9.17, 15) is 0 Å². The minimum atomic E-state index is 0.387. The summed E-state index contributed by atoms with van der Waals surface area (Å²) in [5.74, 6) is 2.44. The van der Waals surface area contributed by atoms with Gasteiger partial charge in [0.2, 0.25) is 0 Å². The zero-order chi connectivity index (χ0) is 13.8. The second kappa shape index (κ2) is 6.26. The van der Waals surface area contributed by atoms with Crippen molar-refractivity contribution in [1.82, 2.24) is 10.2 Å². The van der Waals surface area contributed by atoms with Crippen LogP contribution in [0.1, 0.15) is 18.0 Å². The molecule has 19 heavy (non-hydrogen) atoms. The van der Waals surface area contributed by atoms with Gasteiger partial charge in [0.25, 0.3) is 0 Å². The van der Waals surface area contributed by atoms with Gasteiger partial charge in [0, 0.05) is 11.6 Å². The first-order chi connectivity index (χ1) is 9.21. The van der Waals surface area contributed by atoms with Gasteiger partial charge in [0.15, 0.2) is 0 Å². The summed E-state index contributed by atoms with van der Waals surface area (Å²) < 4.78 is 10.9. The number of nitrogens with one attached hydrogen (secondary N) is 1. The summed E-state index contributed by atoms with van der Waals surface area (Å²) in [6.07, 6.45) is 1.21. The summed E-state index contributed by atoms with van der Waals surface area (Å²) in [5.41, 5.74) is 1.22. The summed E-state index contributed by atoms with van der Waals surface area (Å²) in [6, 6.07) is 6.44. The standard InChI is InChI=1S/C15H24N2O2/c1-16-10-11-7-8-17(2)15(11)13-9-12(18-3)5-6-14(13)19-4/h5-6,9,11,15-16H,7-8,10H2,1-4H3. The van der Waals surface area contributed by atoms with Gasteiger partial charge in [-0.25, -0.2) is 0 Å². The van der Waals surface area contributed by atoms with E-state index in [4.69, 9.17) is 9.47 Å². The van der Waals surface area contributed by atoms with Crippen molar-refractivity contribution in [2.45, 2.75) is 12.5 Å². The zero-order valence-electron chi connectivity index (χ0n) is 12.3. The minimum absolute atomic E-state index is 0.387. The van der Waals surface area contributed by atoms with Gasteiger partial charge in [-0.3, -0.25) is 4.90 Å². The van der Waals surface area contributed by atoms with Crippen LogP contribution in [0.25, 0.3) is 0 Å². The molecule has 1 heterocycles. The number of benzene rings is 1. The molecule has 1 aliphatic heterocycles. The number of methoxy groups -OCH3 is 2. The van der Waals surface area contributed by atoms with Gasteiger partial charge in [-0.2, -0.15) is 0 Å². The number of nitrogens with zero attached hydrogens (tertiary/aromatic N) is 1. The van der Waals surface area contributed by atoms with Crippen molar-refractivity contribution in [3.05, 3.63) is 23.8 Å². The maximum Gasteiger partial charge on any atom is 0.123 e. The van der Waals surface area contributed by atoms with Crippen LogP contribution in [0.3, 0.4) is 0 Å². The van der Waals surface area contributed by atoms with Crippen molar-refractivity contribution >= 4 is 0 Å². The molecule has 1 N–H and O–H groups in total. The Hall–Kier alpha value is -1.26. The Morgan fingerprint density at radius 3 is 2.74 bits per heavy atom. The summed E-state index contributed by atoms with van der Waals surface area (Å²) in [5, 5.41) is 3.30. The fraction of sp³-hybridized carbons (Fsp3) is 0.600. The van der Waals surface area contributed by atoms with E-state index in [0.29, 0.717) is 12.0 Å². The Bertz CT molecular complexity index is 421. The molecule has 1 saturated heterocycles. The monoisotopic (exact) mass is 264 g/mol. The average Bonchev–Trinajstić information content (AvgIpc) is 2.79. The normalized spacial score (nSPS) is 23.6. The third kappa shape index (κ3) is 2.85.